The van der Waals surface area contributed by atoms with Crippen LogP contribution in [0, 0.1) is 0 Å². The third-order valence-corrected chi connectivity index (χ3v) is 4.17. The molecule has 0 unspecified atom stereocenters. The van der Waals surface area contributed by atoms with Crippen LogP contribution in [0.15, 0.2) is 52.6 Å². The fraction of sp³-hybridized carbons (Fsp3) is 0.0556. The highest BCUT2D eigenvalue weighted by atomic mass is 79.9. The monoisotopic (exact) mass is 416 g/mol. The normalized spacial score (nSPS) is 14.9. The Balaban J connectivity index is 1.71. The van der Waals surface area contributed by atoms with Gasteiger partial charge in [0.25, 0.3) is 5.91 Å². The summed E-state index contributed by atoms with van der Waals surface area (Å²) in [6.45, 7) is 0.207. The maximum atomic E-state index is 11.5. The zero-order valence-electron chi connectivity index (χ0n) is 13.3. The fourth-order valence-corrected chi connectivity index (χ4v) is 2.84. The molecular weight excluding hydrogens is 404 g/mol. The fourth-order valence-electron chi connectivity index (χ4n) is 2.33. The van der Waals surface area contributed by atoms with Crippen molar-refractivity contribution in [1.29, 1.82) is 0 Å². The van der Waals surface area contributed by atoms with Gasteiger partial charge in [-0.1, -0.05) is 18.2 Å². The molecule has 1 aliphatic rings. The second-order valence-electron chi connectivity index (χ2n) is 5.45. The Bertz CT molecular complexity index is 939. The van der Waals surface area contributed by atoms with Gasteiger partial charge in [0.1, 0.15) is 18.1 Å². The van der Waals surface area contributed by atoms with Crippen molar-refractivity contribution in [2.75, 3.05) is 0 Å². The predicted octanol–water partition coefficient (Wildman–Crippen LogP) is 2.91. The Morgan fingerprint density at radius 3 is 2.62 bits per heavy atom. The summed E-state index contributed by atoms with van der Waals surface area (Å²) in [5.41, 5.74) is 1.79. The number of imide groups is 1. The minimum Gasteiger partial charge on any atom is -0.488 e. The number of ether oxygens (including phenoxy) is 1. The number of hydrogen-bond donors (Lipinski definition) is 3. The van der Waals surface area contributed by atoms with E-state index in [4.69, 9.17) is 9.84 Å². The molecule has 0 aliphatic carbocycles. The first-order valence-electron chi connectivity index (χ1n) is 7.51. The lowest BCUT2D eigenvalue weighted by Crippen LogP contribution is -2.22. The minimum absolute atomic E-state index is 0.168. The van der Waals surface area contributed by atoms with Crippen molar-refractivity contribution in [3.63, 3.8) is 0 Å². The molecule has 0 aromatic heterocycles. The van der Waals surface area contributed by atoms with E-state index in [0.717, 1.165) is 5.56 Å². The number of carboxylic acid groups (broad SMARTS) is 1. The molecule has 26 heavy (non-hydrogen) atoms. The van der Waals surface area contributed by atoms with Crippen molar-refractivity contribution in [3.8, 4) is 5.75 Å². The number of aromatic carboxylic acids is 1. The van der Waals surface area contributed by atoms with Crippen LogP contribution >= 0.6 is 15.9 Å². The van der Waals surface area contributed by atoms with Gasteiger partial charge in [0.15, 0.2) is 0 Å². The number of urea groups is 1. The molecule has 7 nitrogen and oxygen atoms in total. The lowest BCUT2D eigenvalue weighted by atomic mass is 10.1. The standard InChI is InChI=1S/C18H13BrN2O5/c19-13-7-10(8-14-16(22)21-18(25)20-14)4-5-15(13)26-9-11-2-1-3-12(6-11)17(23)24/h1-8H,9H2,(H,23,24)(H2,20,21,22,25)/b14-8+. The summed E-state index contributed by atoms with van der Waals surface area (Å²) >= 11 is 3.40. The third kappa shape index (κ3) is 4.09. The first kappa shape index (κ1) is 17.7. The largest absolute Gasteiger partial charge is 0.488 e. The van der Waals surface area contributed by atoms with Crippen LogP contribution in [-0.4, -0.2) is 23.0 Å². The summed E-state index contributed by atoms with van der Waals surface area (Å²) in [6, 6.07) is 11.1. The summed E-state index contributed by atoms with van der Waals surface area (Å²) < 4.78 is 6.37. The van der Waals surface area contributed by atoms with Crippen LogP contribution in [0.5, 0.6) is 5.75 Å². The summed E-state index contributed by atoms with van der Waals surface area (Å²) in [5.74, 6) is -0.911. The van der Waals surface area contributed by atoms with Crippen LogP contribution < -0.4 is 15.4 Å². The zero-order chi connectivity index (χ0) is 18.7. The lowest BCUT2D eigenvalue weighted by Gasteiger charge is -2.09. The number of carbonyl (C=O) groups is 3. The van der Waals surface area contributed by atoms with Crippen LogP contribution in [0.2, 0.25) is 0 Å². The van der Waals surface area contributed by atoms with Crippen LogP contribution in [0.3, 0.4) is 0 Å². The minimum atomic E-state index is -0.992. The summed E-state index contributed by atoms with van der Waals surface area (Å²) in [7, 11) is 0. The second-order valence-corrected chi connectivity index (χ2v) is 6.30. The van der Waals surface area contributed by atoms with Gasteiger partial charge in [0, 0.05) is 0 Å². The van der Waals surface area contributed by atoms with Gasteiger partial charge in [-0.2, -0.15) is 0 Å². The first-order valence-corrected chi connectivity index (χ1v) is 8.30. The average molecular weight is 417 g/mol. The molecule has 1 saturated heterocycles. The van der Waals surface area contributed by atoms with Gasteiger partial charge in [-0.15, -0.1) is 0 Å². The molecule has 3 rings (SSSR count). The highest BCUT2D eigenvalue weighted by Crippen LogP contribution is 2.28. The smallest absolute Gasteiger partial charge is 0.335 e. The number of carbonyl (C=O) groups excluding carboxylic acids is 2. The van der Waals surface area contributed by atoms with Crippen molar-refractivity contribution in [3.05, 3.63) is 69.3 Å². The molecule has 2 aromatic carbocycles. The summed E-state index contributed by atoms with van der Waals surface area (Å²) in [5, 5.41) is 13.6. The van der Waals surface area contributed by atoms with E-state index in [1.807, 2.05) is 0 Å². The Morgan fingerprint density at radius 2 is 1.96 bits per heavy atom. The van der Waals surface area contributed by atoms with Gasteiger partial charge < -0.3 is 15.2 Å². The second kappa shape index (κ2) is 7.40. The number of benzene rings is 2. The molecule has 0 bridgehead atoms. The molecule has 8 heteroatoms. The number of amides is 3. The van der Waals surface area contributed by atoms with Crippen molar-refractivity contribution >= 4 is 39.9 Å². The van der Waals surface area contributed by atoms with Crippen LogP contribution in [0.4, 0.5) is 4.79 Å². The van der Waals surface area contributed by atoms with Gasteiger partial charge >= 0.3 is 12.0 Å². The number of hydrogen-bond acceptors (Lipinski definition) is 4. The van der Waals surface area contributed by atoms with Crippen LogP contribution in [0.1, 0.15) is 21.5 Å². The highest BCUT2D eigenvalue weighted by Gasteiger charge is 2.22. The zero-order valence-corrected chi connectivity index (χ0v) is 14.9. The maximum absolute atomic E-state index is 11.5. The van der Waals surface area contributed by atoms with Gasteiger partial charge in [0.2, 0.25) is 0 Å². The third-order valence-electron chi connectivity index (χ3n) is 3.56. The van der Waals surface area contributed by atoms with E-state index in [1.165, 1.54) is 6.07 Å². The quantitative estimate of drug-likeness (QED) is 0.513. The molecule has 2 aromatic rings. The van der Waals surface area contributed by atoms with Gasteiger partial charge in [-0.05, 0) is 57.4 Å². The molecule has 1 aliphatic heterocycles. The molecule has 0 atom stereocenters. The van der Waals surface area contributed by atoms with Crippen molar-refractivity contribution in [1.82, 2.24) is 10.6 Å². The molecule has 3 amide bonds. The number of rotatable bonds is 5. The number of halogens is 1. The van der Waals surface area contributed by atoms with E-state index < -0.39 is 17.9 Å². The molecule has 1 heterocycles. The molecule has 0 saturated carbocycles. The Kier molecular flexibility index (Phi) is 5.04. The van der Waals surface area contributed by atoms with Crippen LogP contribution in [0.25, 0.3) is 6.08 Å². The molecule has 3 N–H and O–H groups in total. The SMILES string of the molecule is O=C1NC(=O)/C(=C\c2ccc(OCc3cccc(C(=O)O)c3)c(Br)c2)N1. The number of carboxylic acids is 1. The molecular formula is C18H13BrN2O5. The van der Waals surface area contributed by atoms with Crippen LogP contribution in [-0.2, 0) is 11.4 Å². The van der Waals surface area contributed by atoms with Gasteiger partial charge in [0.05, 0.1) is 10.0 Å². The number of nitrogens with one attached hydrogen (secondary N) is 2. The van der Waals surface area contributed by atoms with E-state index in [2.05, 4.69) is 26.6 Å². The summed E-state index contributed by atoms with van der Waals surface area (Å²) in [4.78, 5) is 33.6. The predicted molar refractivity (Wildman–Crippen MR) is 96.5 cm³/mol. The average Bonchev–Trinajstić information content (AvgIpc) is 2.91. The Hall–Kier alpha value is -3.13. The topological polar surface area (TPSA) is 105 Å². The Labute approximate surface area is 156 Å². The summed E-state index contributed by atoms with van der Waals surface area (Å²) in [6.07, 6.45) is 1.55. The molecule has 0 radical (unpaired) electrons. The van der Waals surface area contributed by atoms with Crippen molar-refractivity contribution in [2.24, 2.45) is 0 Å². The lowest BCUT2D eigenvalue weighted by molar-refractivity contribution is -0.115. The highest BCUT2D eigenvalue weighted by molar-refractivity contribution is 9.10. The molecule has 1 fully saturated rings. The van der Waals surface area contributed by atoms with Gasteiger partial charge in [-0.3, -0.25) is 10.1 Å². The van der Waals surface area contributed by atoms with E-state index in [1.54, 1.807) is 42.5 Å². The first-order chi connectivity index (χ1) is 12.4. The molecule has 0 spiro atoms. The van der Waals surface area contributed by atoms with Crippen molar-refractivity contribution < 1.29 is 24.2 Å². The maximum Gasteiger partial charge on any atom is 0.335 e. The van der Waals surface area contributed by atoms with E-state index in [9.17, 15) is 14.4 Å². The van der Waals surface area contributed by atoms with E-state index in [0.29, 0.717) is 15.8 Å². The molecule has 132 valence electrons. The Morgan fingerprint density at radius 1 is 1.15 bits per heavy atom. The van der Waals surface area contributed by atoms with E-state index >= 15 is 0 Å². The van der Waals surface area contributed by atoms with Gasteiger partial charge in [-0.25, -0.2) is 9.59 Å². The van der Waals surface area contributed by atoms with E-state index in [-0.39, 0.29) is 17.9 Å². The van der Waals surface area contributed by atoms with Crippen molar-refractivity contribution in [2.45, 2.75) is 6.61 Å².